The lowest BCUT2D eigenvalue weighted by Gasteiger charge is -2.12. The van der Waals surface area contributed by atoms with Crippen molar-refractivity contribution in [2.75, 3.05) is 43.3 Å². The van der Waals surface area contributed by atoms with Gasteiger partial charge >= 0.3 is 0 Å². The second-order valence-corrected chi connectivity index (χ2v) is 9.09. The van der Waals surface area contributed by atoms with E-state index in [1.54, 1.807) is 5.38 Å². The number of sulfonamides is 1. The van der Waals surface area contributed by atoms with Crippen LogP contribution in [0.15, 0.2) is 33.1 Å². The standard InChI is InChI=1S/C16H23BrFN5O2S2/c1-19-6-7-20-4-2-3-5-21-14-11-13(18)15(10-12(14)17)27(24,25)23-16-22-8-9-26-16/h8-11,19-21H,2-7H2,1H3,(H,22,23). The SMILES string of the molecule is CNCCNCCCCNc1cc(F)c(S(=O)(=O)Nc2nccs2)cc1Br. The Labute approximate surface area is 171 Å². The minimum Gasteiger partial charge on any atom is -0.384 e. The maximum Gasteiger partial charge on any atom is 0.266 e. The van der Waals surface area contributed by atoms with E-state index in [-0.39, 0.29) is 5.13 Å². The quantitative estimate of drug-likeness (QED) is 0.349. The molecule has 0 radical (unpaired) electrons. The van der Waals surface area contributed by atoms with Crippen LogP contribution in [0.5, 0.6) is 0 Å². The number of unbranched alkanes of at least 4 members (excludes halogenated alkanes) is 1. The third-order valence-electron chi connectivity index (χ3n) is 3.61. The maximum atomic E-state index is 14.4. The number of rotatable bonds is 12. The average Bonchev–Trinajstić information content (AvgIpc) is 3.11. The van der Waals surface area contributed by atoms with Gasteiger partial charge in [0.05, 0.1) is 5.69 Å². The van der Waals surface area contributed by atoms with Crippen molar-refractivity contribution in [1.29, 1.82) is 0 Å². The van der Waals surface area contributed by atoms with Gasteiger partial charge in [-0.3, -0.25) is 4.72 Å². The molecule has 1 heterocycles. The minimum absolute atomic E-state index is 0.191. The van der Waals surface area contributed by atoms with Gasteiger partial charge in [0, 0.05) is 35.7 Å². The van der Waals surface area contributed by atoms with E-state index in [0.29, 0.717) is 16.7 Å². The van der Waals surface area contributed by atoms with E-state index in [0.717, 1.165) is 43.8 Å². The van der Waals surface area contributed by atoms with Crippen molar-refractivity contribution in [3.05, 3.63) is 34.0 Å². The molecule has 2 aromatic rings. The van der Waals surface area contributed by atoms with Crippen molar-refractivity contribution in [3.63, 3.8) is 0 Å². The number of nitrogens with zero attached hydrogens (tertiary/aromatic N) is 1. The van der Waals surface area contributed by atoms with Crippen LogP contribution in [-0.4, -0.2) is 46.6 Å². The average molecular weight is 480 g/mol. The molecular weight excluding hydrogens is 457 g/mol. The van der Waals surface area contributed by atoms with Gasteiger partial charge in [-0.15, -0.1) is 11.3 Å². The molecule has 2 rings (SSSR count). The molecule has 27 heavy (non-hydrogen) atoms. The Bertz CT molecular complexity index is 818. The number of hydrogen-bond acceptors (Lipinski definition) is 7. The number of nitrogens with one attached hydrogen (secondary N) is 4. The van der Waals surface area contributed by atoms with Gasteiger partial charge in [-0.05, 0) is 54.5 Å². The van der Waals surface area contributed by atoms with Crippen molar-refractivity contribution in [2.45, 2.75) is 17.7 Å². The molecule has 0 saturated carbocycles. The van der Waals surface area contributed by atoms with Gasteiger partial charge < -0.3 is 16.0 Å². The molecule has 1 aromatic heterocycles. The molecule has 0 atom stereocenters. The highest BCUT2D eigenvalue weighted by atomic mass is 79.9. The molecule has 0 bridgehead atoms. The molecule has 0 saturated heterocycles. The van der Waals surface area contributed by atoms with Crippen LogP contribution in [0.25, 0.3) is 0 Å². The first-order valence-electron chi connectivity index (χ1n) is 8.44. The lowest BCUT2D eigenvalue weighted by Crippen LogP contribution is -2.25. The molecule has 0 aliphatic carbocycles. The van der Waals surface area contributed by atoms with Crippen LogP contribution in [0, 0.1) is 5.82 Å². The number of aromatic nitrogens is 1. The zero-order valence-corrected chi connectivity index (χ0v) is 18.1. The predicted molar refractivity (Wildman–Crippen MR) is 112 cm³/mol. The van der Waals surface area contributed by atoms with Gasteiger partial charge in [-0.25, -0.2) is 17.8 Å². The number of hydrogen-bond donors (Lipinski definition) is 4. The summed E-state index contributed by atoms with van der Waals surface area (Å²) < 4.78 is 41.8. The van der Waals surface area contributed by atoms with Gasteiger partial charge in [-0.2, -0.15) is 0 Å². The highest BCUT2D eigenvalue weighted by Crippen LogP contribution is 2.29. The van der Waals surface area contributed by atoms with E-state index < -0.39 is 20.7 Å². The molecule has 0 amide bonds. The fourth-order valence-corrected chi connectivity index (χ4v) is 4.76. The van der Waals surface area contributed by atoms with E-state index in [4.69, 9.17) is 0 Å². The lowest BCUT2D eigenvalue weighted by atomic mass is 10.2. The third-order valence-corrected chi connectivity index (χ3v) is 6.44. The topological polar surface area (TPSA) is 95.1 Å². The van der Waals surface area contributed by atoms with Crippen molar-refractivity contribution in [1.82, 2.24) is 15.6 Å². The van der Waals surface area contributed by atoms with Crippen LogP contribution >= 0.6 is 27.3 Å². The number of halogens is 2. The van der Waals surface area contributed by atoms with Crippen LogP contribution < -0.4 is 20.7 Å². The summed E-state index contributed by atoms with van der Waals surface area (Å²) in [5.41, 5.74) is 0.517. The van der Waals surface area contributed by atoms with Crippen LogP contribution in [0.1, 0.15) is 12.8 Å². The highest BCUT2D eigenvalue weighted by Gasteiger charge is 2.22. The Morgan fingerprint density at radius 1 is 1.19 bits per heavy atom. The fraction of sp³-hybridized carbons (Fsp3) is 0.438. The molecule has 1 aromatic carbocycles. The molecule has 0 aliphatic heterocycles. The number of likely N-dealkylation sites (N-methyl/N-ethyl adjacent to an activating group) is 1. The first kappa shape index (κ1) is 22.0. The first-order valence-corrected chi connectivity index (χ1v) is 11.6. The van der Waals surface area contributed by atoms with Gasteiger partial charge in [0.1, 0.15) is 10.7 Å². The smallest absolute Gasteiger partial charge is 0.266 e. The van der Waals surface area contributed by atoms with Crippen LogP contribution in [0.2, 0.25) is 0 Å². The fourth-order valence-electron chi connectivity index (χ4n) is 2.25. The number of benzene rings is 1. The van der Waals surface area contributed by atoms with Crippen molar-refractivity contribution < 1.29 is 12.8 Å². The second-order valence-electron chi connectivity index (χ2n) is 5.69. The second kappa shape index (κ2) is 10.9. The van der Waals surface area contributed by atoms with E-state index >= 15 is 0 Å². The Hall–Kier alpha value is -1.27. The highest BCUT2D eigenvalue weighted by molar-refractivity contribution is 9.10. The monoisotopic (exact) mass is 479 g/mol. The summed E-state index contributed by atoms with van der Waals surface area (Å²) in [5.74, 6) is -0.821. The predicted octanol–water partition coefficient (Wildman–Crippen LogP) is 2.85. The van der Waals surface area contributed by atoms with E-state index in [9.17, 15) is 12.8 Å². The summed E-state index contributed by atoms with van der Waals surface area (Å²) in [6, 6.07) is 2.44. The molecule has 0 unspecified atom stereocenters. The molecule has 150 valence electrons. The maximum absolute atomic E-state index is 14.4. The number of thiazole rings is 1. The summed E-state index contributed by atoms with van der Waals surface area (Å²) in [4.78, 5) is 3.42. The number of anilines is 2. The van der Waals surface area contributed by atoms with Gasteiger partial charge in [0.15, 0.2) is 5.13 Å². The molecule has 7 nitrogen and oxygen atoms in total. The molecule has 4 N–H and O–H groups in total. The summed E-state index contributed by atoms with van der Waals surface area (Å²) in [5, 5.41) is 11.3. The zero-order valence-electron chi connectivity index (χ0n) is 14.9. The van der Waals surface area contributed by atoms with Gasteiger partial charge in [-0.1, -0.05) is 0 Å². The normalized spacial score (nSPS) is 11.5. The van der Waals surface area contributed by atoms with Crippen molar-refractivity contribution in [3.8, 4) is 0 Å². The summed E-state index contributed by atoms with van der Waals surface area (Å²) in [6.45, 7) is 3.43. The third kappa shape index (κ3) is 7.00. The molecule has 0 fully saturated rings. The van der Waals surface area contributed by atoms with Crippen molar-refractivity contribution >= 4 is 48.1 Å². The Morgan fingerprint density at radius 3 is 2.67 bits per heavy atom. The largest absolute Gasteiger partial charge is 0.384 e. The van der Waals surface area contributed by atoms with Crippen LogP contribution in [0.4, 0.5) is 15.2 Å². The molecule has 11 heteroatoms. The van der Waals surface area contributed by atoms with Crippen LogP contribution in [-0.2, 0) is 10.0 Å². The minimum atomic E-state index is -4.04. The zero-order chi connectivity index (χ0) is 19.7. The molecule has 0 spiro atoms. The van der Waals surface area contributed by atoms with E-state index in [2.05, 4.69) is 41.6 Å². The van der Waals surface area contributed by atoms with Gasteiger partial charge in [0.2, 0.25) is 0 Å². The summed E-state index contributed by atoms with van der Waals surface area (Å²) in [7, 11) is -2.13. The Morgan fingerprint density at radius 2 is 1.96 bits per heavy atom. The van der Waals surface area contributed by atoms with E-state index in [1.165, 1.54) is 18.3 Å². The van der Waals surface area contributed by atoms with Crippen LogP contribution in [0.3, 0.4) is 0 Å². The summed E-state index contributed by atoms with van der Waals surface area (Å²) in [6.07, 6.45) is 3.37. The molecular formula is C16H23BrFN5O2S2. The van der Waals surface area contributed by atoms with Crippen molar-refractivity contribution in [2.24, 2.45) is 0 Å². The Balaban J connectivity index is 1.90. The summed E-state index contributed by atoms with van der Waals surface area (Å²) >= 11 is 4.43. The molecule has 0 aliphatic rings. The van der Waals surface area contributed by atoms with E-state index in [1.807, 2.05) is 7.05 Å². The Kier molecular flexibility index (Phi) is 8.90. The first-order chi connectivity index (χ1) is 12.9. The van der Waals surface area contributed by atoms with Gasteiger partial charge in [0.25, 0.3) is 10.0 Å². The lowest BCUT2D eigenvalue weighted by molar-refractivity contribution is 0.570.